The molecular formula is C15H14N2O2S2. The monoisotopic (exact) mass is 318 g/mol. The van der Waals surface area contributed by atoms with Crippen LogP contribution in [0.1, 0.15) is 10.4 Å². The quantitative estimate of drug-likeness (QED) is 0.462. The Morgan fingerprint density at radius 2 is 2.19 bits per heavy atom. The smallest absolute Gasteiger partial charge is 0.250 e. The highest BCUT2D eigenvalue weighted by molar-refractivity contribution is 7.80. The predicted octanol–water partition coefficient (Wildman–Crippen LogP) is 3.29. The summed E-state index contributed by atoms with van der Waals surface area (Å²) in [7, 11) is 0. The second-order valence-electron chi connectivity index (χ2n) is 4.31. The number of thiophene rings is 1. The van der Waals surface area contributed by atoms with Crippen LogP contribution in [0.2, 0.25) is 0 Å². The van der Waals surface area contributed by atoms with E-state index in [1.54, 1.807) is 35.6 Å². The van der Waals surface area contributed by atoms with Gasteiger partial charge in [0.05, 0.1) is 5.69 Å². The number of rotatable bonds is 3. The molecule has 0 saturated heterocycles. The Balaban J connectivity index is 1.92. The van der Waals surface area contributed by atoms with Crippen LogP contribution in [0.5, 0.6) is 5.75 Å². The van der Waals surface area contributed by atoms with Crippen molar-refractivity contribution in [3.05, 3.63) is 52.2 Å². The van der Waals surface area contributed by atoms with Crippen molar-refractivity contribution in [1.82, 2.24) is 5.32 Å². The van der Waals surface area contributed by atoms with Crippen molar-refractivity contribution in [3.63, 3.8) is 0 Å². The van der Waals surface area contributed by atoms with E-state index in [-0.39, 0.29) is 16.8 Å². The summed E-state index contributed by atoms with van der Waals surface area (Å²) >= 11 is 6.59. The number of hydrogen-bond acceptors (Lipinski definition) is 4. The molecule has 0 aliphatic heterocycles. The van der Waals surface area contributed by atoms with E-state index >= 15 is 0 Å². The normalized spacial score (nSPS) is 10.5. The molecule has 0 radical (unpaired) electrons. The Kier molecular flexibility index (Phi) is 5.08. The van der Waals surface area contributed by atoms with Gasteiger partial charge < -0.3 is 10.4 Å². The van der Waals surface area contributed by atoms with E-state index in [0.717, 1.165) is 10.4 Å². The zero-order chi connectivity index (χ0) is 15.2. The summed E-state index contributed by atoms with van der Waals surface area (Å²) < 4.78 is 0. The van der Waals surface area contributed by atoms with Crippen molar-refractivity contribution in [3.8, 4) is 5.75 Å². The highest BCUT2D eigenvalue weighted by Gasteiger charge is 2.05. The van der Waals surface area contributed by atoms with Gasteiger partial charge in [-0.3, -0.25) is 10.1 Å². The first-order valence-electron chi connectivity index (χ1n) is 6.18. The molecule has 2 aromatic rings. The number of phenols is 1. The predicted molar refractivity (Wildman–Crippen MR) is 90.6 cm³/mol. The third kappa shape index (κ3) is 4.70. The van der Waals surface area contributed by atoms with Gasteiger partial charge in [0, 0.05) is 11.0 Å². The number of carbonyl (C=O) groups is 1. The topological polar surface area (TPSA) is 61.4 Å². The molecule has 2 rings (SSSR count). The lowest BCUT2D eigenvalue weighted by Gasteiger charge is -2.10. The molecule has 3 N–H and O–H groups in total. The number of thiocarbonyl (C=S) groups is 1. The van der Waals surface area contributed by atoms with E-state index in [4.69, 9.17) is 12.2 Å². The molecule has 1 heterocycles. The largest absolute Gasteiger partial charge is 0.506 e. The van der Waals surface area contributed by atoms with Crippen molar-refractivity contribution in [2.45, 2.75) is 6.92 Å². The first-order valence-corrected chi connectivity index (χ1v) is 7.46. The van der Waals surface area contributed by atoms with Crippen molar-refractivity contribution in [2.75, 3.05) is 5.32 Å². The Hall–Kier alpha value is -2.18. The molecular weight excluding hydrogens is 304 g/mol. The van der Waals surface area contributed by atoms with Crippen LogP contribution >= 0.6 is 23.6 Å². The average molecular weight is 318 g/mol. The van der Waals surface area contributed by atoms with E-state index in [0.29, 0.717) is 5.69 Å². The Morgan fingerprint density at radius 3 is 2.90 bits per heavy atom. The molecule has 0 aliphatic carbocycles. The standard InChI is InChI=1S/C15H14N2O2S2/c1-10-4-6-13(18)12(9-10)16-15(20)17-14(19)7-5-11-3-2-8-21-11/h2-9,18H,1H3,(H2,16,17,19,20)/b7-5+. The van der Waals surface area contributed by atoms with E-state index in [9.17, 15) is 9.90 Å². The number of hydrogen-bond donors (Lipinski definition) is 3. The summed E-state index contributed by atoms with van der Waals surface area (Å²) in [6.45, 7) is 1.90. The molecule has 0 spiro atoms. The van der Waals surface area contributed by atoms with Gasteiger partial charge in [0.2, 0.25) is 5.91 Å². The first-order chi connectivity index (χ1) is 10.0. The average Bonchev–Trinajstić information content (AvgIpc) is 2.94. The lowest BCUT2D eigenvalue weighted by Crippen LogP contribution is -2.32. The van der Waals surface area contributed by atoms with E-state index < -0.39 is 0 Å². The first kappa shape index (κ1) is 15.2. The molecule has 108 valence electrons. The summed E-state index contributed by atoms with van der Waals surface area (Å²) in [4.78, 5) is 12.7. The van der Waals surface area contributed by atoms with Crippen molar-refractivity contribution < 1.29 is 9.90 Å². The van der Waals surface area contributed by atoms with E-state index in [1.165, 1.54) is 6.08 Å². The molecule has 0 atom stereocenters. The number of aromatic hydroxyl groups is 1. The minimum absolute atomic E-state index is 0.0753. The number of anilines is 1. The third-order valence-electron chi connectivity index (χ3n) is 2.58. The molecule has 4 nitrogen and oxygen atoms in total. The highest BCUT2D eigenvalue weighted by Crippen LogP contribution is 2.23. The van der Waals surface area contributed by atoms with Gasteiger partial charge in [-0.1, -0.05) is 12.1 Å². The van der Waals surface area contributed by atoms with Crippen LogP contribution in [-0.2, 0) is 4.79 Å². The maximum Gasteiger partial charge on any atom is 0.250 e. The molecule has 1 aromatic heterocycles. The van der Waals surface area contributed by atoms with Crippen LogP contribution in [0.15, 0.2) is 41.8 Å². The summed E-state index contributed by atoms with van der Waals surface area (Å²) in [5, 5.41) is 17.1. The van der Waals surface area contributed by atoms with Crippen molar-refractivity contribution >= 4 is 46.3 Å². The zero-order valence-electron chi connectivity index (χ0n) is 11.3. The molecule has 0 fully saturated rings. The minimum Gasteiger partial charge on any atom is -0.506 e. The number of carbonyl (C=O) groups excluding carboxylic acids is 1. The molecule has 1 aromatic carbocycles. The summed E-state index contributed by atoms with van der Waals surface area (Å²) in [6.07, 6.45) is 3.13. The van der Waals surface area contributed by atoms with Crippen LogP contribution in [0.4, 0.5) is 5.69 Å². The Labute approximate surface area is 132 Å². The highest BCUT2D eigenvalue weighted by atomic mass is 32.1. The Morgan fingerprint density at radius 1 is 1.38 bits per heavy atom. The molecule has 21 heavy (non-hydrogen) atoms. The van der Waals surface area contributed by atoms with Gasteiger partial charge >= 0.3 is 0 Å². The van der Waals surface area contributed by atoms with Gasteiger partial charge in [0.1, 0.15) is 5.75 Å². The number of aryl methyl sites for hydroxylation is 1. The molecule has 0 saturated carbocycles. The fourth-order valence-corrected chi connectivity index (χ4v) is 2.43. The van der Waals surface area contributed by atoms with E-state index in [1.807, 2.05) is 24.4 Å². The van der Waals surface area contributed by atoms with Crippen LogP contribution in [0, 0.1) is 6.92 Å². The third-order valence-corrected chi connectivity index (χ3v) is 3.62. The number of nitrogens with one attached hydrogen (secondary N) is 2. The summed E-state index contributed by atoms with van der Waals surface area (Å²) in [5.41, 5.74) is 1.43. The lowest BCUT2D eigenvalue weighted by atomic mass is 10.2. The van der Waals surface area contributed by atoms with Crippen LogP contribution in [0.3, 0.4) is 0 Å². The zero-order valence-corrected chi connectivity index (χ0v) is 12.9. The van der Waals surface area contributed by atoms with Gasteiger partial charge in [0.15, 0.2) is 5.11 Å². The Bertz CT molecular complexity index is 679. The molecule has 0 aliphatic rings. The maximum absolute atomic E-state index is 11.7. The van der Waals surface area contributed by atoms with Gasteiger partial charge in [-0.2, -0.15) is 0 Å². The molecule has 1 amide bonds. The van der Waals surface area contributed by atoms with Gasteiger partial charge in [-0.15, -0.1) is 11.3 Å². The molecule has 0 bridgehead atoms. The lowest BCUT2D eigenvalue weighted by molar-refractivity contribution is -0.115. The number of benzene rings is 1. The summed E-state index contributed by atoms with van der Waals surface area (Å²) in [5.74, 6) is -0.251. The number of amides is 1. The summed E-state index contributed by atoms with van der Waals surface area (Å²) in [6, 6.07) is 8.92. The van der Waals surface area contributed by atoms with Crippen LogP contribution < -0.4 is 10.6 Å². The maximum atomic E-state index is 11.7. The van der Waals surface area contributed by atoms with Crippen LogP contribution in [-0.4, -0.2) is 16.1 Å². The second-order valence-corrected chi connectivity index (χ2v) is 5.70. The number of phenolic OH excluding ortho intramolecular Hbond substituents is 1. The van der Waals surface area contributed by atoms with Gasteiger partial charge in [0.25, 0.3) is 0 Å². The van der Waals surface area contributed by atoms with Crippen molar-refractivity contribution in [1.29, 1.82) is 0 Å². The molecule has 0 unspecified atom stereocenters. The fourth-order valence-electron chi connectivity index (χ4n) is 1.60. The van der Waals surface area contributed by atoms with E-state index in [2.05, 4.69) is 10.6 Å². The fraction of sp³-hybridized carbons (Fsp3) is 0.0667. The van der Waals surface area contributed by atoms with Crippen LogP contribution in [0.25, 0.3) is 6.08 Å². The minimum atomic E-state index is -0.326. The van der Waals surface area contributed by atoms with Crippen molar-refractivity contribution in [2.24, 2.45) is 0 Å². The van der Waals surface area contributed by atoms with Gasteiger partial charge in [-0.25, -0.2) is 0 Å². The van der Waals surface area contributed by atoms with Gasteiger partial charge in [-0.05, 0) is 54.4 Å². The SMILES string of the molecule is Cc1ccc(O)c(NC(=S)NC(=O)/C=C/c2cccs2)c1. The molecule has 6 heteroatoms. The second kappa shape index (κ2) is 7.01.